The lowest BCUT2D eigenvalue weighted by atomic mass is 10.1. The third kappa shape index (κ3) is 2.26. The lowest BCUT2D eigenvalue weighted by molar-refractivity contribution is 0.109. The lowest BCUT2D eigenvalue weighted by Crippen LogP contribution is -2.29. The molecule has 1 aromatic rings. The van der Waals surface area contributed by atoms with Crippen LogP contribution in [0, 0.1) is 0 Å². The molecule has 1 heterocycles. The van der Waals surface area contributed by atoms with E-state index in [9.17, 15) is 0 Å². The standard InChI is InChI=1S/C8H15N3O2/c1-5(12-4)6-10-7(13-11-6)8(2,3)9/h5H,9H2,1-4H3. The lowest BCUT2D eigenvalue weighted by Gasteiger charge is -2.11. The Hall–Kier alpha value is -0.940. The first-order valence-electron chi connectivity index (χ1n) is 4.11. The van der Waals surface area contributed by atoms with E-state index in [4.69, 9.17) is 15.0 Å². The molecule has 0 bridgehead atoms. The van der Waals surface area contributed by atoms with Gasteiger partial charge in [0.1, 0.15) is 6.10 Å². The Morgan fingerprint density at radius 3 is 2.54 bits per heavy atom. The predicted octanol–water partition coefficient (Wildman–Crippen LogP) is 0.971. The van der Waals surface area contributed by atoms with E-state index in [1.807, 2.05) is 20.8 Å². The highest BCUT2D eigenvalue weighted by Gasteiger charge is 2.23. The van der Waals surface area contributed by atoms with Gasteiger partial charge in [-0.05, 0) is 20.8 Å². The van der Waals surface area contributed by atoms with Gasteiger partial charge in [0.25, 0.3) is 0 Å². The van der Waals surface area contributed by atoms with E-state index < -0.39 is 5.54 Å². The summed E-state index contributed by atoms with van der Waals surface area (Å²) >= 11 is 0. The van der Waals surface area contributed by atoms with E-state index in [1.165, 1.54) is 0 Å². The summed E-state index contributed by atoms with van der Waals surface area (Å²) in [5.41, 5.74) is 5.18. The minimum atomic E-state index is -0.599. The molecule has 1 rings (SSSR count). The van der Waals surface area contributed by atoms with Crippen molar-refractivity contribution in [1.82, 2.24) is 10.1 Å². The molecule has 74 valence electrons. The Morgan fingerprint density at radius 1 is 1.54 bits per heavy atom. The van der Waals surface area contributed by atoms with E-state index in [0.29, 0.717) is 11.7 Å². The van der Waals surface area contributed by atoms with E-state index in [-0.39, 0.29) is 6.10 Å². The van der Waals surface area contributed by atoms with Gasteiger partial charge in [-0.25, -0.2) is 0 Å². The molecule has 2 N–H and O–H groups in total. The van der Waals surface area contributed by atoms with E-state index in [0.717, 1.165) is 0 Å². The van der Waals surface area contributed by atoms with Gasteiger partial charge in [-0.3, -0.25) is 0 Å². The van der Waals surface area contributed by atoms with Crippen LogP contribution in [0.1, 0.15) is 38.6 Å². The number of hydrogen-bond donors (Lipinski definition) is 1. The molecular weight excluding hydrogens is 170 g/mol. The number of hydrogen-bond acceptors (Lipinski definition) is 5. The number of ether oxygens (including phenoxy) is 1. The van der Waals surface area contributed by atoms with Gasteiger partial charge in [-0.15, -0.1) is 0 Å². The van der Waals surface area contributed by atoms with Gasteiger partial charge < -0.3 is 15.0 Å². The highest BCUT2D eigenvalue weighted by atomic mass is 16.5. The van der Waals surface area contributed by atoms with Crippen molar-refractivity contribution in [3.05, 3.63) is 11.7 Å². The van der Waals surface area contributed by atoms with Gasteiger partial charge in [-0.2, -0.15) is 4.98 Å². The molecule has 13 heavy (non-hydrogen) atoms. The average molecular weight is 185 g/mol. The molecule has 0 aliphatic carbocycles. The van der Waals surface area contributed by atoms with Crippen molar-refractivity contribution in [2.24, 2.45) is 5.73 Å². The largest absolute Gasteiger partial charge is 0.374 e. The van der Waals surface area contributed by atoms with Gasteiger partial charge in [0.15, 0.2) is 5.82 Å². The predicted molar refractivity (Wildman–Crippen MR) is 46.9 cm³/mol. The van der Waals surface area contributed by atoms with Crippen molar-refractivity contribution in [3.63, 3.8) is 0 Å². The molecule has 0 aromatic carbocycles. The van der Waals surface area contributed by atoms with Crippen LogP contribution in [-0.2, 0) is 10.3 Å². The van der Waals surface area contributed by atoms with Crippen LogP contribution in [0.2, 0.25) is 0 Å². The smallest absolute Gasteiger partial charge is 0.246 e. The molecule has 0 saturated heterocycles. The van der Waals surface area contributed by atoms with Crippen molar-refractivity contribution in [2.45, 2.75) is 32.4 Å². The molecular formula is C8H15N3O2. The van der Waals surface area contributed by atoms with Crippen molar-refractivity contribution in [2.75, 3.05) is 7.11 Å². The van der Waals surface area contributed by atoms with Gasteiger partial charge in [0, 0.05) is 7.11 Å². The summed E-state index contributed by atoms with van der Waals surface area (Å²) in [5.74, 6) is 0.947. The molecule has 1 aromatic heterocycles. The SMILES string of the molecule is COC(C)c1noc(C(C)(C)N)n1. The van der Waals surface area contributed by atoms with Crippen LogP contribution < -0.4 is 5.73 Å². The summed E-state index contributed by atoms with van der Waals surface area (Å²) in [7, 11) is 1.59. The van der Waals surface area contributed by atoms with Gasteiger partial charge in [-0.1, -0.05) is 5.16 Å². The maximum absolute atomic E-state index is 5.77. The van der Waals surface area contributed by atoms with Crippen LogP contribution in [0.4, 0.5) is 0 Å². The minimum absolute atomic E-state index is 0.167. The molecule has 0 fully saturated rings. The maximum Gasteiger partial charge on any atom is 0.246 e. The monoisotopic (exact) mass is 185 g/mol. The zero-order valence-electron chi connectivity index (χ0n) is 8.37. The van der Waals surface area contributed by atoms with Crippen LogP contribution in [0.3, 0.4) is 0 Å². The highest BCUT2D eigenvalue weighted by molar-refractivity contribution is 4.98. The van der Waals surface area contributed by atoms with Gasteiger partial charge >= 0.3 is 0 Å². The molecule has 5 heteroatoms. The zero-order chi connectivity index (χ0) is 10.1. The summed E-state index contributed by atoms with van der Waals surface area (Å²) < 4.78 is 10.0. The number of nitrogens with two attached hydrogens (primary N) is 1. The van der Waals surface area contributed by atoms with E-state index in [2.05, 4.69) is 10.1 Å². The number of aromatic nitrogens is 2. The molecule has 0 saturated carbocycles. The first-order chi connectivity index (χ1) is 5.95. The van der Waals surface area contributed by atoms with E-state index in [1.54, 1.807) is 7.11 Å². The quantitative estimate of drug-likeness (QED) is 0.759. The van der Waals surface area contributed by atoms with Gasteiger partial charge in [0.2, 0.25) is 5.89 Å². The summed E-state index contributed by atoms with van der Waals surface area (Å²) in [6, 6.07) is 0. The second-order valence-electron chi connectivity index (χ2n) is 3.56. The summed E-state index contributed by atoms with van der Waals surface area (Å²) in [6.07, 6.45) is -0.167. The minimum Gasteiger partial charge on any atom is -0.374 e. The second kappa shape index (κ2) is 3.43. The fourth-order valence-corrected chi connectivity index (χ4v) is 0.767. The van der Waals surface area contributed by atoms with Crippen LogP contribution in [-0.4, -0.2) is 17.3 Å². The third-order valence-corrected chi connectivity index (χ3v) is 1.71. The van der Waals surface area contributed by atoms with Crippen molar-refractivity contribution in [3.8, 4) is 0 Å². The Balaban J connectivity index is 2.87. The topological polar surface area (TPSA) is 74.2 Å². The number of nitrogens with zero attached hydrogens (tertiary/aromatic N) is 2. The summed E-state index contributed by atoms with van der Waals surface area (Å²) in [5, 5.41) is 3.76. The normalized spacial score (nSPS) is 14.5. The third-order valence-electron chi connectivity index (χ3n) is 1.71. The first-order valence-corrected chi connectivity index (χ1v) is 4.11. The van der Waals surface area contributed by atoms with Crippen LogP contribution >= 0.6 is 0 Å². The summed E-state index contributed by atoms with van der Waals surface area (Å²) in [6.45, 7) is 5.46. The second-order valence-corrected chi connectivity index (χ2v) is 3.56. The average Bonchev–Trinajstić information content (AvgIpc) is 2.50. The molecule has 1 atom stereocenters. The Kier molecular flexibility index (Phi) is 2.68. The van der Waals surface area contributed by atoms with Crippen LogP contribution in [0.15, 0.2) is 4.52 Å². The molecule has 5 nitrogen and oxygen atoms in total. The molecule has 0 spiro atoms. The molecule has 0 aliphatic rings. The fraction of sp³-hybridized carbons (Fsp3) is 0.750. The molecule has 0 radical (unpaired) electrons. The van der Waals surface area contributed by atoms with Crippen LogP contribution in [0.25, 0.3) is 0 Å². The molecule has 1 unspecified atom stereocenters. The first kappa shape index (κ1) is 10.1. The molecule has 0 amide bonds. The number of rotatable bonds is 3. The summed E-state index contributed by atoms with van der Waals surface area (Å²) in [4.78, 5) is 4.12. The Bertz CT molecular complexity index is 277. The zero-order valence-corrected chi connectivity index (χ0v) is 8.37. The van der Waals surface area contributed by atoms with Crippen molar-refractivity contribution < 1.29 is 9.26 Å². The molecule has 0 aliphatic heterocycles. The fourth-order valence-electron chi connectivity index (χ4n) is 0.767. The van der Waals surface area contributed by atoms with Crippen LogP contribution in [0.5, 0.6) is 0 Å². The highest BCUT2D eigenvalue weighted by Crippen LogP contribution is 2.17. The maximum atomic E-state index is 5.77. The number of methoxy groups -OCH3 is 1. The Labute approximate surface area is 77.3 Å². The van der Waals surface area contributed by atoms with Crippen molar-refractivity contribution >= 4 is 0 Å². The van der Waals surface area contributed by atoms with Gasteiger partial charge in [0.05, 0.1) is 5.54 Å². The van der Waals surface area contributed by atoms with E-state index >= 15 is 0 Å². The van der Waals surface area contributed by atoms with Crippen molar-refractivity contribution in [1.29, 1.82) is 0 Å². The Morgan fingerprint density at radius 2 is 2.15 bits per heavy atom.